The first-order valence-corrected chi connectivity index (χ1v) is 12.1. The monoisotopic (exact) mass is 458 g/mol. The average Bonchev–Trinajstić information content (AvgIpc) is 2.69. The number of ether oxygens (including phenoxy) is 3. The molecule has 0 aliphatic carbocycles. The zero-order valence-electron chi connectivity index (χ0n) is 21.6. The molecular formula is C25H46O7. The Bertz CT molecular complexity index is 659. The van der Waals surface area contributed by atoms with Crippen LogP contribution in [-0.2, 0) is 19.0 Å². The number of aliphatic hydroxyl groups is 3. The summed E-state index contributed by atoms with van der Waals surface area (Å²) in [7, 11) is 0. The molecule has 2 rings (SSSR count). The topological polar surface area (TPSA) is 105 Å². The molecule has 0 saturated carbocycles. The van der Waals surface area contributed by atoms with Gasteiger partial charge < -0.3 is 29.5 Å². The number of aliphatic hydroxyl groups excluding tert-OH is 2. The van der Waals surface area contributed by atoms with Gasteiger partial charge in [-0.1, -0.05) is 41.5 Å². The minimum absolute atomic E-state index is 0.0444. The molecule has 7 heteroatoms. The van der Waals surface area contributed by atoms with Gasteiger partial charge in [0.1, 0.15) is 6.10 Å². The Balaban J connectivity index is 2.57. The minimum Gasteiger partial charge on any atom is -0.461 e. The van der Waals surface area contributed by atoms with Crippen LogP contribution < -0.4 is 0 Å². The normalized spacial score (nSPS) is 47.9. The molecule has 2 heterocycles. The van der Waals surface area contributed by atoms with Crippen molar-refractivity contribution in [3.8, 4) is 0 Å². The number of esters is 1. The molecule has 0 aromatic rings. The first-order chi connectivity index (χ1) is 14.5. The maximum Gasteiger partial charge on any atom is 0.311 e. The Morgan fingerprint density at radius 2 is 1.53 bits per heavy atom. The van der Waals surface area contributed by atoms with Crippen molar-refractivity contribution in [1.82, 2.24) is 0 Å². The van der Waals surface area contributed by atoms with Crippen LogP contribution in [0.4, 0.5) is 0 Å². The molecule has 3 N–H and O–H groups in total. The Kier molecular flexibility index (Phi) is 8.16. The Labute approximate surface area is 193 Å². The predicted octanol–water partition coefficient (Wildman–Crippen LogP) is 3.28. The van der Waals surface area contributed by atoms with Crippen LogP contribution in [0, 0.1) is 29.1 Å². The Morgan fingerprint density at radius 3 is 2.06 bits per heavy atom. The number of cyclic esters (lactones) is 1. The highest BCUT2D eigenvalue weighted by Crippen LogP contribution is 2.46. The largest absolute Gasteiger partial charge is 0.461 e. The molecular weight excluding hydrogens is 412 g/mol. The van der Waals surface area contributed by atoms with Gasteiger partial charge in [-0.15, -0.1) is 0 Å². The second-order valence-electron chi connectivity index (χ2n) is 11.7. The summed E-state index contributed by atoms with van der Waals surface area (Å²) in [5, 5.41) is 33.0. The summed E-state index contributed by atoms with van der Waals surface area (Å²) in [5.74, 6) is -3.09. The van der Waals surface area contributed by atoms with Gasteiger partial charge in [0.2, 0.25) is 0 Å². The van der Waals surface area contributed by atoms with Gasteiger partial charge in [0, 0.05) is 17.3 Å². The summed E-state index contributed by atoms with van der Waals surface area (Å²) >= 11 is 0. The fraction of sp³-hybridized carbons (Fsp3) is 0.960. The van der Waals surface area contributed by atoms with E-state index < -0.39 is 52.9 Å². The van der Waals surface area contributed by atoms with Crippen LogP contribution in [0.15, 0.2) is 0 Å². The molecule has 7 nitrogen and oxygen atoms in total. The predicted molar refractivity (Wildman–Crippen MR) is 122 cm³/mol. The first kappa shape index (κ1) is 27.5. The first-order valence-electron chi connectivity index (χ1n) is 12.1. The van der Waals surface area contributed by atoms with Gasteiger partial charge in [-0.2, -0.15) is 0 Å². The lowest BCUT2D eigenvalue weighted by atomic mass is 9.69. The molecule has 0 aromatic heterocycles. The van der Waals surface area contributed by atoms with E-state index in [4.69, 9.17) is 14.2 Å². The number of carbonyl (C=O) groups excluding carboxylic acids is 1. The molecule has 2 bridgehead atoms. The van der Waals surface area contributed by atoms with Gasteiger partial charge in [0.25, 0.3) is 0 Å². The van der Waals surface area contributed by atoms with Gasteiger partial charge in [-0.05, 0) is 46.5 Å². The van der Waals surface area contributed by atoms with Crippen LogP contribution >= 0.6 is 0 Å². The van der Waals surface area contributed by atoms with Gasteiger partial charge >= 0.3 is 5.97 Å². The van der Waals surface area contributed by atoms with E-state index in [9.17, 15) is 20.1 Å². The molecule has 188 valence electrons. The van der Waals surface area contributed by atoms with Crippen LogP contribution in [-0.4, -0.2) is 63.2 Å². The zero-order valence-corrected chi connectivity index (χ0v) is 21.6. The van der Waals surface area contributed by atoms with E-state index in [0.29, 0.717) is 6.42 Å². The second kappa shape index (κ2) is 9.49. The molecule has 0 amide bonds. The molecule has 0 spiro atoms. The van der Waals surface area contributed by atoms with E-state index in [2.05, 4.69) is 6.92 Å². The lowest BCUT2D eigenvalue weighted by Crippen LogP contribution is -2.60. The summed E-state index contributed by atoms with van der Waals surface area (Å²) in [6, 6.07) is 0. The molecule has 2 aliphatic heterocycles. The van der Waals surface area contributed by atoms with Crippen molar-refractivity contribution < 1.29 is 34.3 Å². The van der Waals surface area contributed by atoms with Crippen LogP contribution in [0.3, 0.4) is 0 Å². The molecule has 0 radical (unpaired) electrons. The smallest absolute Gasteiger partial charge is 0.311 e. The van der Waals surface area contributed by atoms with E-state index in [1.54, 1.807) is 20.8 Å². The maximum absolute atomic E-state index is 13.0. The Hall–Kier alpha value is -0.730. The van der Waals surface area contributed by atoms with E-state index in [1.165, 1.54) is 0 Å². The molecule has 0 aromatic carbocycles. The number of carbonyl (C=O) groups is 1. The van der Waals surface area contributed by atoms with Crippen LogP contribution in [0.5, 0.6) is 0 Å². The highest BCUT2D eigenvalue weighted by Gasteiger charge is 2.53. The lowest BCUT2D eigenvalue weighted by Gasteiger charge is -2.54. The lowest BCUT2D eigenvalue weighted by molar-refractivity contribution is -0.350. The number of hydrogen-bond acceptors (Lipinski definition) is 7. The summed E-state index contributed by atoms with van der Waals surface area (Å²) in [4.78, 5) is 13.0. The van der Waals surface area contributed by atoms with Crippen molar-refractivity contribution in [3.05, 3.63) is 0 Å². The molecule has 10 atom stereocenters. The van der Waals surface area contributed by atoms with Gasteiger partial charge in [0.15, 0.2) is 5.79 Å². The highest BCUT2D eigenvalue weighted by molar-refractivity contribution is 5.73. The quantitative estimate of drug-likeness (QED) is 0.518. The van der Waals surface area contributed by atoms with Crippen LogP contribution in [0.25, 0.3) is 0 Å². The van der Waals surface area contributed by atoms with Crippen molar-refractivity contribution in [3.63, 3.8) is 0 Å². The molecule has 32 heavy (non-hydrogen) atoms. The third-order valence-corrected chi connectivity index (χ3v) is 7.87. The fourth-order valence-corrected chi connectivity index (χ4v) is 5.94. The van der Waals surface area contributed by atoms with Gasteiger partial charge in [-0.3, -0.25) is 4.79 Å². The third-order valence-electron chi connectivity index (χ3n) is 7.87. The highest BCUT2D eigenvalue weighted by atomic mass is 16.7. The van der Waals surface area contributed by atoms with Crippen molar-refractivity contribution in [2.45, 2.75) is 124 Å². The van der Waals surface area contributed by atoms with Crippen molar-refractivity contribution in [1.29, 1.82) is 0 Å². The number of rotatable bonds is 1. The van der Waals surface area contributed by atoms with Crippen LogP contribution in [0.1, 0.15) is 82.1 Å². The third kappa shape index (κ3) is 5.33. The van der Waals surface area contributed by atoms with E-state index in [-0.39, 0.29) is 30.5 Å². The van der Waals surface area contributed by atoms with Gasteiger partial charge in [0.05, 0.1) is 35.9 Å². The maximum atomic E-state index is 13.0. The van der Waals surface area contributed by atoms with E-state index >= 15 is 0 Å². The summed E-state index contributed by atoms with van der Waals surface area (Å²) in [6.45, 7) is 18.8. The number of fused-ring (bicyclic) bond motifs is 2. The minimum atomic E-state index is -1.48. The molecule has 2 aliphatic rings. The summed E-state index contributed by atoms with van der Waals surface area (Å²) in [6.07, 6.45) is -2.44. The van der Waals surface area contributed by atoms with Crippen LogP contribution in [0.2, 0.25) is 0 Å². The second-order valence-corrected chi connectivity index (χ2v) is 11.7. The molecule has 0 unspecified atom stereocenters. The average molecular weight is 459 g/mol. The molecule has 2 saturated heterocycles. The number of hydrogen-bond donors (Lipinski definition) is 3. The van der Waals surface area contributed by atoms with Gasteiger partial charge in [-0.25, -0.2) is 0 Å². The summed E-state index contributed by atoms with van der Waals surface area (Å²) in [5.41, 5.74) is -2.00. The van der Waals surface area contributed by atoms with Crippen molar-refractivity contribution >= 4 is 5.97 Å². The summed E-state index contributed by atoms with van der Waals surface area (Å²) < 4.78 is 18.7. The Morgan fingerprint density at radius 1 is 0.969 bits per heavy atom. The SMILES string of the molecule is CC[C@H]1OC(=O)[C@H](C)[C@@H](O)[C@H](C)[C@@H](O)[C@](C)(O)C[C@@H](C)[C@@H]2OC(C)(C)O[C@H]([C@H]2C)C1(C)C. The molecule has 2 fully saturated rings. The van der Waals surface area contributed by atoms with E-state index in [1.807, 2.05) is 41.5 Å². The standard InChI is InChI=1S/C25H46O7/c1-11-17-23(6,7)21-16(5)19(31-24(8,9)32-21)13(2)12-25(10,29)20(27)14(3)18(26)15(4)22(28)30-17/h13-21,26-27,29H,11-12H2,1-10H3/t13-,14+,15-,16+,17-,18+,19+,20-,21-,25-/m1/s1. The zero-order chi connectivity index (χ0) is 24.8. The van der Waals surface area contributed by atoms with Crippen molar-refractivity contribution in [2.24, 2.45) is 29.1 Å². The van der Waals surface area contributed by atoms with E-state index in [0.717, 1.165) is 0 Å². The van der Waals surface area contributed by atoms with Crippen molar-refractivity contribution in [2.75, 3.05) is 0 Å². The fourth-order valence-electron chi connectivity index (χ4n) is 5.94.